The van der Waals surface area contributed by atoms with E-state index in [0.29, 0.717) is 19.3 Å². The Hall–Kier alpha value is -1.10. The number of carbonyl (C=O) groups is 1. The van der Waals surface area contributed by atoms with Crippen molar-refractivity contribution in [1.82, 2.24) is 0 Å². The molecule has 0 aliphatic heterocycles. The summed E-state index contributed by atoms with van der Waals surface area (Å²) in [6.07, 6.45) is 1.70. The fourth-order valence-corrected chi connectivity index (χ4v) is 0.817. The number of aliphatic hydroxyl groups is 1. The van der Waals surface area contributed by atoms with E-state index < -0.39 is 12.1 Å². The quantitative estimate of drug-likeness (QED) is 0.210. The van der Waals surface area contributed by atoms with Gasteiger partial charge in [0.15, 0.2) is 6.10 Å². The zero-order valence-electron chi connectivity index (χ0n) is 7.64. The topological polar surface area (TPSA) is 79.1 Å². The molecular weight excluding hydrogens is 174 g/mol. The molecule has 1 unspecified atom stereocenters. The van der Waals surface area contributed by atoms with Crippen LogP contribution in [0, 0.1) is 0 Å². The number of esters is 1. The maximum atomic E-state index is 10.9. The molecule has 0 aliphatic carbocycles. The van der Waals surface area contributed by atoms with Crippen LogP contribution in [0.5, 0.6) is 0 Å². The predicted octanol–water partition coefficient (Wildman–Crippen LogP) is 0.541. The van der Waals surface area contributed by atoms with E-state index in [1.54, 1.807) is 6.92 Å². The van der Waals surface area contributed by atoms with Crippen LogP contribution in [0.25, 0.3) is 0 Å². The van der Waals surface area contributed by atoms with Crippen molar-refractivity contribution in [2.75, 3.05) is 6.61 Å². The summed E-state index contributed by atoms with van der Waals surface area (Å²) in [4.78, 5) is 10.9. The molecule has 0 aromatic rings. The van der Waals surface area contributed by atoms with Crippen LogP contribution in [0.3, 0.4) is 0 Å². The Morgan fingerprint density at radius 1 is 1.69 bits per heavy atom. The molecule has 2 N–H and O–H groups in total. The molecule has 0 heterocycles. The number of ether oxygens (including phenoxy) is 1. The first-order valence-corrected chi connectivity index (χ1v) is 4.23. The van der Waals surface area contributed by atoms with Crippen molar-refractivity contribution < 1.29 is 19.8 Å². The van der Waals surface area contributed by atoms with Gasteiger partial charge in [-0.1, -0.05) is 0 Å². The van der Waals surface area contributed by atoms with E-state index in [9.17, 15) is 4.79 Å². The van der Waals surface area contributed by atoms with Crippen LogP contribution in [0.4, 0.5) is 0 Å². The van der Waals surface area contributed by atoms with Gasteiger partial charge in [0.05, 0.1) is 6.61 Å². The SMILES string of the molecule is CCOC(=O)C(O)CCCC=NO. The molecule has 0 bridgehead atoms. The third-order valence-corrected chi connectivity index (χ3v) is 1.45. The summed E-state index contributed by atoms with van der Waals surface area (Å²) in [5.74, 6) is -0.594. The number of unbranched alkanes of at least 4 members (excludes halogenated alkanes) is 1. The molecule has 0 aromatic carbocycles. The molecule has 0 saturated heterocycles. The van der Waals surface area contributed by atoms with Gasteiger partial charge in [0.2, 0.25) is 0 Å². The minimum absolute atomic E-state index is 0.272. The Morgan fingerprint density at radius 2 is 2.38 bits per heavy atom. The summed E-state index contributed by atoms with van der Waals surface area (Å²) in [6, 6.07) is 0. The monoisotopic (exact) mass is 189 g/mol. The van der Waals surface area contributed by atoms with Crippen molar-refractivity contribution in [3.8, 4) is 0 Å². The number of hydrogen-bond acceptors (Lipinski definition) is 5. The van der Waals surface area contributed by atoms with Crippen LogP contribution < -0.4 is 0 Å². The van der Waals surface area contributed by atoms with Crippen LogP contribution in [0.1, 0.15) is 26.2 Å². The van der Waals surface area contributed by atoms with E-state index in [1.165, 1.54) is 6.21 Å². The van der Waals surface area contributed by atoms with Gasteiger partial charge in [0.25, 0.3) is 0 Å². The largest absolute Gasteiger partial charge is 0.464 e. The van der Waals surface area contributed by atoms with Gasteiger partial charge in [-0.15, -0.1) is 5.16 Å². The molecule has 0 spiro atoms. The first-order chi connectivity index (χ1) is 6.22. The molecular formula is C8H15NO4. The molecule has 0 aliphatic rings. The van der Waals surface area contributed by atoms with Gasteiger partial charge in [-0.05, 0) is 26.2 Å². The first kappa shape index (κ1) is 11.9. The van der Waals surface area contributed by atoms with E-state index in [-0.39, 0.29) is 6.61 Å². The fourth-order valence-electron chi connectivity index (χ4n) is 0.817. The normalized spacial score (nSPS) is 13.1. The van der Waals surface area contributed by atoms with E-state index in [2.05, 4.69) is 9.89 Å². The zero-order valence-corrected chi connectivity index (χ0v) is 7.64. The second-order valence-corrected chi connectivity index (χ2v) is 2.50. The minimum Gasteiger partial charge on any atom is -0.464 e. The maximum Gasteiger partial charge on any atom is 0.334 e. The number of aliphatic hydroxyl groups excluding tert-OH is 1. The Bertz CT molecular complexity index is 170. The van der Waals surface area contributed by atoms with Gasteiger partial charge in [-0.25, -0.2) is 4.79 Å². The lowest BCUT2D eigenvalue weighted by molar-refractivity contribution is -0.153. The molecule has 0 fully saturated rings. The highest BCUT2D eigenvalue weighted by Gasteiger charge is 2.14. The van der Waals surface area contributed by atoms with Gasteiger partial charge in [0.1, 0.15) is 0 Å². The molecule has 0 saturated carbocycles. The van der Waals surface area contributed by atoms with Crippen molar-refractivity contribution in [1.29, 1.82) is 0 Å². The molecule has 0 aromatic heterocycles. The van der Waals surface area contributed by atoms with Gasteiger partial charge in [-0.3, -0.25) is 0 Å². The second kappa shape index (κ2) is 7.54. The molecule has 5 heteroatoms. The van der Waals surface area contributed by atoms with Crippen LogP contribution in [0.15, 0.2) is 5.16 Å². The number of rotatable bonds is 6. The summed E-state index contributed by atoms with van der Waals surface area (Å²) in [5, 5.41) is 20.0. The van der Waals surface area contributed by atoms with Crippen molar-refractivity contribution in [2.24, 2.45) is 5.16 Å². The number of carbonyl (C=O) groups excluding carboxylic acids is 1. The average Bonchev–Trinajstić information content (AvgIpc) is 2.12. The summed E-state index contributed by atoms with van der Waals surface area (Å²) in [6.45, 7) is 1.96. The highest BCUT2D eigenvalue weighted by Crippen LogP contribution is 2.01. The lowest BCUT2D eigenvalue weighted by Gasteiger charge is -2.07. The smallest absolute Gasteiger partial charge is 0.334 e. The Kier molecular flexibility index (Phi) is 6.91. The standard InChI is InChI=1S/C8H15NO4/c1-2-13-8(11)7(10)5-3-4-6-9-12/h6-7,10,12H,2-5H2,1H3. The van der Waals surface area contributed by atoms with E-state index in [1.807, 2.05) is 0 Å². The van der Waals surface area contributed by atoms with Crippen LogP contribution >= 0.6 is 0 Å². The second-order valence-electron chi connectivity index (χ2n) is 2.50. The summed E-state index contributed by atoms with van der Waals surface area (Å²) in [5.41, 5.74) is 0. The van der Waals surface area contributed by atoms with Gasteiger partial charge in [0, 0.05) is 6.21 Å². The minimum atomic E-state index is -1.06. The summed E-state index contributed by atoms with van der Waals surface area (Å²) < 4.78 is 4.59. The molecule has 76 valence electrons. The van der Waals surface area contributed by atoms with Gasteiger partial charge in [-0.2, -0.15) is 0 Å². The molecule has 0 radical (unpaired) electrons. The summed E-state index contributed by atoms with van der Waals surface area (Å²) >= 11 is 0. The number of hydrogen-bond donors (Lipinski definition) is 2. The Balaban J connectivity index is 3.49. The fraction of sp³-hybridized carbons (Fsp3) is 0.750. The molecule has 5 nitrogen and oxygen atoms in total. The van der Waals surface area contributed by atoms with Crippen LogP contribution in [0.2, 0.25) is 0 Å². The predicted molar refractivity (Wildman–Crippen MR) is 46.8 cm³/mol. The van der Waals surface area contributed by atoms with Crippen molar-refractivity contribution >= 4 is 12.2 Å². The summed E-state index contributed by atoms with van der Waals surface area (Å²) in [7, 11) is 0. The lowest BCUT2D eigenvalue weighted by atomic mass is 10.1. The molecule has 1 atom stereocenters. The highest BCUT2D eigenvalue weighted by atomic mass is 16.5. The highest BCUT2D eigenvalue weighted by molar-refractivity contribution is 5.74. The number of nitrogens with zero attached hydrogens (tertiary/aromatic N) is 1. The van der Waals surface area contributed by atoms with E-state index >= 15 is 0 Å². The maximum absolute atomic E-state index is 10.9. The zero-order chi connectivity index (χ0) is 10.1. The van der Waals surface area contributed by atoms with Crippen molar-refractivity contribution in [2.45, 2.75) is 32.3 Å². The van der Waals surface area contributed by atoms with Crippen LogP contribution in [-0.4, -0.2) is 35.2 Å². The number of oxime groups is 1. The third kappa shape index (κ3) is 6.10. The van der Waals surface area contributed by atoms with Crippen molar-refractivity contribution in [3.63, 3.8) is 0 Å². The van der Waals surface area contributed by atoms with Gasteiger partial charge >= 0.3 is 5.97 Å². The van der Waals surface area contributed by atoms with E-state index in [4.69, 9.17) is 10.3 Å². The molecule has 0 rings (SSSR count). The first-order valence-electron chi connectivity index (χ1n) is 4.23. The van der Waals surface area contributed by atoms with Crippen LogP contribution in [-0.2, 0) is 9.53 Å². The Morgan fingerprint density at radius 3 is 2.92 bits per heavy atom. The Labute approximate surface area is 77.0 Å². The molecule has 13 heavy (non-hydrogen) atoms. The lowest BCUT2D eigenvalue weighted by Crippen LogP contribution is -2.22. The van der Waals surface area contributed by atoms with Gasteiger partial charge < -0.3 is 15.1 Å². The van der Waals surface area contributed by atoms with Crippen molar-refractivity contribution in [3.05, 3.63) is 0 Å². The molecule has 0 amide bonds. The van der Waals surface area contributed by atoms with E-state index in [0.717, 1.165) is 0 Å². The third-order valence-electron chi connectivity index (χ3n) is 1.45. The average molecular weight is 189 g/mol.